The van der Waals surface area contributed by atoms with Gasteiger partial charge in [0.15, 0.2) is 0 Å². The molecule has 0 aliphatic carbocycles. The SMILES string of the molecule is Cc1ccc(Cl)cc1/C(=C\CCCN)CCNC(=O)C(N)=CC(=O)NC(=O)OC(C)(C)C. The molecular weight excluding hydrogens is 432 g/mol. The number of halogens is 1. The summed E-state index contributed by atoms with van der Waals surface area (Å²) in [4.78, 5) is 35.7. The lowest BCUT2D eigenvalue weighted by atomic mass is 9.96. The van der Waals surface area contributed by atoms with E-state index in [1.807, 2.05) is 30.4 Å². The van der Waals surface area contributed by atoms with Gasteiger partial charge in [0.25, 0.3) is 11.8 Å². The molecule has 1 rings (SSSR count). The summed E-state index contributed by atoms with van der Waals surface area (Å²) in [6.45, 7) is 7.86. The number of hydrogen-bond donors (Lipinski definition) is 4. The van der Waals surface area contributed by atoms with Gasteiger partial charge in [0.05, 0.1) is 0 Å². The third kappa shape index (κ3) is 10.5. The molecule has 0 aromatic heterocycles. The predicted molar refractivity (Wildman–Crippen MR) is 127 cm³/mol. The van der Waals surface area contributed by atoms with E-state index in [0.717, 1.165) is 35.6 Å². The van der Waals surface area contributed by atoms with Crippen LogP contribution in [0.1, 0.15) is 51.2 Å². The van der Waals surface area contributed by atoms with Crippen LogP contribution in [-0.4, -0.2) is 36.6 Å². The number of rotatable bonds is 9. The first-order chi connectivity index (χ1) is 14.9. The Bertz CT molecular complexity index is 888. The molecule has 0 atom stereocenters. The number of benzene rings is 1. The van der Waals surface area contributed by atoms with Gasteiger partial charge in [-0.3, -0.25) is 14.9 Å². The molecule has 0 spiro atoms. The molecule has 0 unspecified atom stereocenters. The van der Waals surface area contributed by atoms with E-state index < -0.39 is 23.5 Å². The summed E-state index contributed by atoms with van der Waals surface area (Å²) in [5.74, 6) is -1.46. The van der Waals surface area contributed by atoms with Gasteiger partial charge in [0.2, 0.25) is 0 Å². The molecule has 0 saturated carbocycles. The average molecular weight is 465 g/mol. The second-order valence-electron chi connectivity index (χ2n) is 8.22. The monoisotopic (exact) mass is 464 g/mol. The van der Waals surface area contributed by atoms with E-state index >= 15 is 0 Å². The summed E-state index contributed by atoms with van der Waals surface area (Å²) >= 11 is 6.16. The molecule has 9 heteroatoms. The average Bonchev–Trinajstić information content (AvgIpc) is 2.67. The fourth-order valence-electron chi connectivity index (χ4n) is 2.74. The number of aryl methyl sites for hydroxylation is 1. The first-order valence-corrected chi connectivity index (χ1v) is 10.8. The Balaban J connectivity index is 2.72. The van der Waals surface area contributed by atoms with Crippen molar-refractivity contribution in [2.24, 2.45) is 11.5 Å². The molecule has 0 saturated heterocycles. The van der Waals surface area contributed by atoms with Crippen LogP contribution in [0.3, 0.4) is 0 Å². The zero-order chi connectivity index (χ0) is 24.3. The van der Waals surface area contributed by atoms with Gasteiger partial charge in [0, 0.05) is 17.6 Å². The molecule has 0 aliphatic heterocycles. The van der Waals surface area contributed by atoms with Crippen molar-refractivity contribution >= 4 is 35.1 Å². The molecule has 32 heavy (non-hydrogen) atoms. The minimum Gasteiger partial charge on any atom is -0.444 e. The van der Waals surface area contributed by atoms with Crippen molar-refractivity contribution in [3.05, 3.63) is 52.2 Å². The number of carbonyl (C=O) groups excluding carboxylic acids is 3. The number of hydrogen-bond acceptors (Lipinski definition) is 6. The van der Waals surface area contributed by atoms with E-state index in [4.69, 9.17) is 27.8 Å². The lowest BCUT2D eigenvalue weighted by Crippen LogP contribution is -2.37. The van der Waals surface area contributed by atoms with Crippen LogP contribution in [-0.2, 0) is 14.3 Å². The highest BCUT2D eigenvalue weighted by molar-refractivity contribution is 6.30. The molecule has 6 N–H and O–H groups in total. The maximum Gasteiger partial charge on any atom is 0.414 e. The van der Waals surface area contributed by atoms with Gasteiger partial charge in [0.1, 0.15) is 11.3 Å². The number of imide groups is 1. The largest absolute Gasteiger partial charge is 0.444 e. The minimum absolute atomic E-state index is 0.293. The number of ether oxygens (including phenoxy) is 1. The number of nitrogens with one attached hydrogen (secondary N) is 2. The van der Waals surface area contributed by atoms with E-state index in [0.29, 0.717) is 24.5 Å². The first kappa shape index (κ1) is 27.2. The van der Waals surface area contributed by atoms with Crippen LogP contribution in [0.5, 0.6) is 0 Å². The fraction of sp³-hybridized carbons (Fsp3) is 0.435. The molecule has 176 valence electrons. The number of unbranched alkanes of at least 4 members (excludes halogenated alkanes) is 1. The van der Waals surface area contributed by atoms with Gasteiger partial charge in [-0.1, -0.05) is 23.7 Å². The zero-order valence-electron chi connectivity index (χ0n) is 19.1. The Hall–Kier alpha value is -2.84. The molecule has 8 nitrogen and oxygen atoms in total. The number of allylic oxidation sites excluding steroid dienone is 1. The second kappa shape index (κ2) is 12.9. The highest BCUT2D eigenvalue weighted by atomic mass is 35.5. The summed E-state index contributed by atoms with van der Waals surface area (Å²) in [5, 5.41) is 5.29. The van der Waals surface area contributed by atoms with Crippen LogP contribution in [0, 0.1) is 6.92 Å². The van der Waals surface area contributed by atoms with Crippen LogP contribution in [0.4, 0.5) is 4.79 Å². The van der Waals surface area contributed by atoms with Crippen LogP contribution in [0.25, 0.3) is 5.57 Å². The Morgan fingerprint density at radius 3 is 2.53 bits per heavy atom. The highest BCUT2D eigenvalue weighted by Gasteiger charge is 2.18. The van der Waals surface area contributed by atoms with Crippen molar-refractivity contribution in [2.75, 3.05) is 13.1 Å². The van der Waals surface area contributed by atoms with Crippen molar-refractivity contribution in [1.82, 2.24) is 10.6 Å². The lowest BCUT2D eigenvalue weighted by Gasteiger charge is -2.18. The number of amides is 3. The van der Waals surface area contributed by atoms with Crippen LogP contribution in [0.2, 0.25) is 5.02 Å². The molecule has 0 bridgehead atoms. The first-order valence-electron chi connectivity index (χ1n) is 10.4. The summed E-state index contributed by atoms with van der Waals surface area (Å²) in [6.07, 6.45) is 4.20. The summed E-state index contributed by atoms with van der Waals surface area (Å²) in [5.41, 5.74) is 13.3. The van der Waals surface area contributed by atoms with Gasteiger partial charge >= 0.3 is 6.09 Å². The number of carbonyl (C=O) groups is 3. The van der Waals surface area contributed by atoms with Gasteiger partial charge < -0.3 is 21.5 Å². The summed E-state index contributed by atoms with van der Waals surface area (Å²) < 4.78 is 4.98. The van der Waals surface area contributed by atoms with Crippen molar-refractivity contribution in [3.63, 3.8) is 0 Å². The van der Waals surface area contributed by atoms with E-state index in [9.17, 15) is 14.4 Å². The van der Waals surface area contributed by atoms with Gasteiger partial charge in [-0.15, -0.1) is 0 Å². The molecule has 1 aromatic carbocycles. The summed E-state index contributed by atoms with van der Waals surface area (Å²) in [7, 11) is 0. The van der Waals surface area contributed by atoms with Gasteiger partial charge in [-0.05, 0) is 82.3 Å². The quantitative estimate of drug-likeness (QED) is 0.327. The third-order valence-corrected chi connectivity index (χ3v) is 4.43. The number of nitrogens with two attached hydrogens (primary N) is 2. The second-order valence-corrected chi connectivity index (χ2v) is 8.65. The Kier molecular flexibility index (Phi) is 10.9. The molecule has 3 amide bonds. The van der Waals surface area contributed by atoms with E-state index in [1.165, 1.54) is 0 Å². The molecular formula is C23H33ClN4O4. The van der Waals surface area contributed by atoms with Crippen molar-refractivity contribution in [2.45, 2.75) is 52.6 Å². The minimum atomic E-state index is -0.920. The molecule has 0 radical (unpaired) electrons. The molecule has 1 aromatic rings. The van der Waals surface area contributed by atoms with E-state index in [1.54, 1.807) is 20.8 Å². The topological polar surface area (TPSA) is 137 Å². The Morgan fingerprint density at radius 2 is 1.91 bits per heavy atom. The Morgan fingerprint density at radius 1 is 1.22 bits per heavy atom. The van der Waals surface area contributed by atoms with Crippen molar-refractivity contribution in [3.8, 4) is 0 Å². The molecule has 0 fully saturated rings. The van der Waals surface area contributed by atoms with Crippen molar-refractivity contribution in [1.29, 1.82) is 0 Å². The smallest absolute Gasteiger partial charge is 0.414 e. The fourth-order valence-corrected chi connectivity index (χ4v) is 2.91. The zero-order valence-corrected chi connectivity index (χ0v) is 19.8. The van der Waals surface area contributed by atoms with Gasteiger partial charge in [-0.2, -0.15) is 0 Å². The van der Waals surface area contributed by atoms with Crippen LogP contribution < -0.4 is 22.1 Å². The lowest BCUT2D eigenvalue weighted by molar-refractivity contribution is -0.119. The number of alkyl carbamates (subject to hydrolysis) is 1. The maximum atomic E-state index is 12.2. The predicted octanol–water partition coefficient (Wildman–Crippen LogP) is 3.17. The van der Waals surface area contributed by atoms with Crippen LogP contribution in [0.15, 0.2) is 36.0 Å². The molecule has 0 heterocycles. The third-order valence-electron chi connectivity index (χ3n) is 4.20. The van der Waals surface area contributed by atoms with Gasteiger partial charge in [-0.25, -0.2) is 4.79 Å². The highest BCUT2D eigenvalue weighted by Crippen LogP contribution is 2.26. The van der Waals surface area contributed by atoms with E-state index in [-0.39, 0.29) is 5.70 Å². The standard InChI is InChI=1S/C23H33ClN4O4/c1-15-8-9-17(24)13-18(15)16(7-5-6-11-25)10-12-27-21(30)19(26)14-20(29)28-22(31)32-23(2,3)4/h7-9,13-14H,5-6,10-12,25-26H2,1-4H3,(H,27,30)(H,28,29,31)/b16-7-,19-14?. The Labute approximate surface area is 194 Å². The molecule has 0 aliphatic rings. The van der Waals surface area contributed by atoms with Crippen LogP contribution >= 0.6 is 11.6 Å². The summed E-state index contributed by atoms with van der Waals surface area (Å²) in [6, 6.07) is 5.66. The van der Waals surface area contributed by atoms with Crippen molar-refractivity contribution < 1.29 is 19.1 Å². The van der Waals surface area contributed by atoms with E-state index in [2.05, 4.69) is 11.4 Å². The maximum absolute atomic E-state index is 12.2. The normalized spacial score (nSPS) is 12.3.